The van der Waals surface area contributed by atoms with Crippen molar-refractivity contribution < 1.29 is 4.74 Å². The van der Waals surface area contributed by atoms with Gasteiger partial charge >= 0.3 is 0 Å². The lowest BCUT2D eigenvalue weighted by Gasteiger charge is -2.06. The number of unbranched alkanes of at least 4 members (excludes halogenated alkanes) is 2. The van der Waals surface area contributed by atoms with Crippen molar-refractivity contribution in [2.45, 2.75) is 26.2 Å². The second-order valence-electron chi connectivity index (χ2n) is 3.21. The maximum atomic E-state index is 5.52. The Morgan fingerprint density at radius 3 is 2.43 bits per heavy atom. The molecule has 0 fully saturated rings. The fourth-order valence-corrected chi connectivity index (χ4v) is 1.17. The standard InChI is InChI=1S/C10H17N3O/c1-2-3-4-5-14-8-6-9(11)13-10(12)7-8/h6-7H,2-5H2,1H3,(H4,11,12,13). The fourth-order valence-electron chi connectivity index (χ4n) is 1.17. The zero-order valence-corrected chi connectivity index (χ0v) is 8.49. The van der Waals surface area contributed by atoms with Crippen LogP contribution in [-0.2, 0) is 0 Å². The van der Waals surface area contributed by atoms with E-state index in [1.165, 1.54) is 12.8 Å². The van der Waals surface area contributed by atoms with Gasteiger partial charge in [-0.1, -0.05) is 19.8 Å². The van der Waals surface area contributed by atoms with E-state index in [4.69, 9.17) is 16.2 Å². The number of anilines is 2. The van der Waals surface area contributed by atoms with Gasteiger partial charge in [0, 0.05) is 12.1 Å². The normalized spacial score (nSPS) is 10.1. The van der Waals surface area contributed by atoms with Gasteiger partial charge in [0.2, 0.25) is 0 Å². The number of hydrogen-bond donors (Lipinski definition) is 2. The molecule has 0 aliphatic heterocycles. The number of nitrogens with zero attached hydrogens (tertiary/aromatic N) is 1. The number of nitrogen functional groups attached to an aromatic ring is 2. The summed E-state index contributed by atoms with van der Waals surface area (Å²) in [5.74, 6) is 1.50. The first-order valence-corrected chi connectivity index (χ1v) is 4.88. The van der Waals surface area contributed by atoms with Crippen molar-refractivity contribution in [2.24, 2.45) is 0 Å². The predicted molar refractivity (Wildman–Crippen MR) is 58.1 cm³/mol. The molecule has 1 aromatic heterocycles. The molecule has 0 aliphatic rings. The molecule has 0 aromatic carbocycles. The molecule has 4 N–H and O–H groups in total. The number of pyridine rings is 1. The fraction of sp³-hybridized carbons (Fsp3) is 0.500. The monoisotopic (exact) mass is 195 g/mol. The van der Waals surface area contributed by atoms with Crippen LogP contribution < -0.4 is 16.2 Å². The molecule has 0 radical (unpaired) electrons. The molecule has 0 saturated heterocycles. The van der Waals surface area contributed by atoms with E-state index in [0.29, 0.717) is 24.0 Å². The van der Waals surface area contributed by atoms with Gasteiger partial charge in [0.15, 0.2) is 0 Å². The van der Waals surface area contributed by atoms with Gasteiger partial charge in [-0.2, -0.15) is 0 Å². The van der Waals surface area contributed by atoms with Crippen molar-refractivity contribution in [3.05, 3.63) is 12.1 Å². The second kappa shape index (κ2) is 5.32. The van der Waals surface area contributed by atoms with Crippen LogP contribution in [0.1, 0.15) is 26.2 Å². The lowest BCUT2D eigenvalue weighted by atomic mass is 10.3. The highest BCUT2D eigenvalue weighted by atomic mass is 16.5. The summed E-state index contributed by atoms with van der Waals surface area (Å²) in [5, 5.41) is 0. The largest absolute Gasteiger partial charge is 0.493 e. The Kier molecular flexibility index (Phi) is 4.04. The van der Waals surface area contributed by atoms with E-state index in [2.05, 4.69) is 11.9 Å². The summed E-state index contributed by atoms with van der Waals surface area (Å²) in [6, 6.07) is 3.37. The third-order valence-electron chi connectivity index (χ3n) is 1.86. The average Bonchev–Trinajstić information content (AvgIpc) is 2.11. The molecular formula is C10H17N3O. The van der Waals surface area contributed by atoms with E-state index in [1.54, 1.807) is 12.1 Å². The lowest BCUT2D eigenvalue weighted by Crippen LogP contribution is -2.01. The maximum absolute atomic E-state index is 5.52. The number of aromatic nitrogens is 1. The Morgan fingerprint density at radius 2 is 1.86 bits per heavy atom. The molecule has 14 heavy (non-hydrogen) atoms. The summed E-state index contributed by atoms with van der Waals surface area (Å²) >= 11 is 0. The first kappa shape index (κ1) is 10.6. The van der Waals surface area contributed by atoms with E-state index >= 15 is 0 Å². The van der Waals surface area contributed by atoms with E-state index in [1.807, 2.05) is 0 Å². The van der Waals surface area contributed by atoms with Crippen molar-refractivity contribution in [3.63, 3.8) is 0 Å². The third-order valence-corrected chi connectivity index (χ3v) is 1.86. The van der Waals surface area contributed by atoms with Crippen molar-refractivity contribution in [1.82, 2.24) is 4.98 Å². The van der Waals surface area contributed by atoms with E-state index in [0.717, 1.165) is 6.42 Å². The first-order valence-electron chi connectivity index (χ1n) is 4.88. The van der Waals surface area contributed by atoms with Gasteiger partial charge in [-0.3, -0.25) is 0 Å². The molecule has 1 rings (SSSR count). The van der Waals surface area contributed by atoms with Crippen LogP contribution in [0.2, 0.25) is 0 Å². The molecule has 0 saturated carbocycles. The highest BCUT2D eigenvalue weighted by Crippen LogP contribution is 2.17. The minimum absolute atomic E-state index is 0.399. The van der Waals surface area contributed by atoms with Crippen molar-refractivity contribution >= 4 is 11.6 Å². The van der Waals surface area contributed by atoms with Crippen molar-refractivity contribution in [1.29, 1.82) is 0 Å². The summed E-state index contributed by atoms with van der Waals surface area (Å²) in [6.45, 7) is 2.86. The third kappa shape index (κ3) is 3.51. The van der Waals surface area contributed by atoms with E-state index in [-0.39, 0.29) is 0 Å². The van der Waals surface area contributed by atoms with Crippen LogP contribution in [0.3, 0.4) is 0 Å². The molecule has 0 spiro atoms. The smallest absolute Gasteiger partial charge is 0.129 e. The molecule has 4 nitrogen and oxygen atoms in total. The van der Waals surface area contributed by atoms with E-state index in [9.17, 15) is 0 Å². The van der Waals surface area contributed by atoms with Crippen LogP contribution in [0.25, 0.3) is 0 Å². The summed E-state index contributed by atoms with van der Waals surface area (Å²) in [4.78, 5) is 3.85. The van der Waals surface area contributed by atoms with Gasteiger partial charge in [-0.25, -0.2) is 4.98 Å². The highest BCUT2D eigenvalue weighted by Gasteiger charge is 1.98. The average molecular weight is 195 g/mol. The summed E-state index contributed by atoms with van der Waals surface area (Å²) in [7, 11) is 0. The van der Waals surface area contributed by atoms with Crippen LogP contribution in [0.4, 0.5) is 11.6 Å². The number of nitrogens with two attached hydrogens (primary N) is 2. The van der Waals surface area contributed by atoms with Crippen molar-refractivity contribution in [3.8, 4) is 5.75 Å². The maximum Gasteiger partial charge on any atom is 0.129 e. The van der Waals surface area contributed by atoms with Crippen LogP contribution in [0, 0.1) is 0 Å². The zero-order valence-electron chi connectivity index (χ0n) is 8.49. The Bertz CT molecular complexity index is 268. The van der Waals surface area contributed by atoms with Gasteiger partial charge < -0.3 is 16.2 Å². The molecule has 0 atom stereocenters. The molecule has 0 bridgehead atoms. The SMILES string of the molecule is CCCCCOc1cc(N)nc(N)c1. The molecule has 4 heteroatoms. The summed E-state index contributed by atoms with van der Waals surface area (Å²) in [5.41, 5.74) is 11.0. The Balaban J connectivity index is 2.42. The van der Waals surface area contributed by atoms with E-state index < -0.39 is 0 Å². The summed E-state index contributed by atoms with van der Waals surface area (Å²) < 4.78 is 5.47. The summed E-state index contributed by atoms with van der Waals surface area (Å²) in [6.07, 6.45) is 3.42. The highest BCUT2D eigenvalue weighted by molar-refractivity contribution is 5.46. The second-order valence-corrected chi connectivity index (χ2v) is 3.21. The minimum atomic E-state index is 0.399. The van der Waals surface area contributed by atoms with Crippen LogP contribution in [-0.4, -0.2) is 11.6 Å². The quantitative estimate of drug-likeness (QED) is 0.703. The minimum Gasteiger partial charge on any atom is -0.493 e. The van der Waals surface area contributed by atoms with Gasteiger partial charge in [-0.15, -0.1) is 0 Å². The number of rotatable bonds is 5. The molecule has 1 heterocycles. The predicted octanol–water partition coefficient (Wildman–Crippen LogP) is 1.81. The number of ether oxygens (including phenoxy) is 1. The zero-order chi connectivity index (χ0) is 10.4. The van der Waals surface area contributed by atoms with Crippen LogP contribution >= 0.6 is 0 Å². The van der Waals surface area contributed by atoms with Gasteiger partial charge in [0.25, 0.3) is 0 Å². The Labute approximate surface area is 84.3 Å². The molecule has 0 aliphatic carbocycles. The van der Waals surface area contributed by atoms with Crippen LogP contribution in [0.5, 0.6) is 5.75 Å². The van der Waals surface area contributed by atoms with Gasteiger partial charge in [0.1, 0.15) is 17.4 Å². The molecule has 1 aromatic rings. The molecule has 78 valence electrons. The molecule has 0 amide bonds. The van der Waals surface area contributed by atoms with Crippen molar-refractivity contribution in [2.75, 3.05) is 18.1 Å². The molecule has 0 unspecified atom stereocenters. The number of hydrogen-bond acceptors (Lipinski definition) is 4. The topological polar surface area (TPSA) is 74.2 Å². The Hall–Kier alpha value is -1.45. The van der Waals surface area contributed by atoms with Gasteiger partial charge in [-0.05, 0) is 6.42 Å². The lowest BCUT2D eigenvalue weighted by molar-refractivity contribution is 0.306. The molecular weight excluding hydrogens is 178 g/mol. The van der Waals surface area contributed by atoms with Gasteiger partial charge in [0.05, 0.1) is 6.61 Å². The first-order chi connectivity index (χ1) is 6.72. The Morgan fingerprint density at radius 1 is 1.21 bits per heavy atom. The van der Waals surface area contributed by atoms with Crippen LogP contribution in [0.15, 0.2) is 12.1 Å².